The van der Waals surface area contributed by atoms with E-state index in [-0.39, 0.29) is 17.0 Å². The smallest absolute Gasteiger partial charge is 0.257 e. The fraction of sp³-hybridized carbons (Fsp3) is 0.0909. The first kappa shape index (κ1) is 19.6. The van der Waals surface area contributed by atoms with E-state index in [9.17, 15) is 9.59 Å². The first-order chi connectivity index (χ1) is 14.1. The Balaban J connectivity index is 1.65. The van der Waals surface area contributed by atoms with Crippen LogP contribution in [-0.4, -0.2) is 23.9 Å². The molecule has 0 bridgehead atoms. The number of nitrogens with zero attached hydrogens (tertiary/aromatic N) is 2. The third-order valence-corrected chi connectivity index (χ3v) is 4.12. The third kappa shape index (κ3) is 5.17. The Morgan fingerprint density at radius 1 is 1.03 bits per heavy atom. The number of benzene rings is 2. The highest BCUT2D eigenvalue weighted by molar-refractivity contribution is 6.05. The maximum Gasteiger partial charge on any atom is 0.257 e. The van der Waals surface area contributed by atoms with Gasteiger partial charge in [0.05, 0.1) is 29.9 Å². The fourth-order valence-electron chi connectivity index (χ4n) is 2.59. The molecule has 2 amide bonds. The van der Waals surface area contributed by atoms with Crippen molar-refractivity contribution < 1.29 is 14.3 Å². The first-order valence-corrected chi connectivity index (χ1v) is 8.77. The second kappa shape index (κ2) is 9.15. The fourth-order valence-corrected chi connectivity index (χ4v) is 2.59. The van der Waals surface area contributed by atoms with Gasteiger partial charge in [0.2, 0.25) is 0 Å². The van der Waals surface area contributed by atoms with E-state index in [0.29, 0.717) is 17.8 Å². The largest absolute Gasteiger partial charge is 0.497 e. The second-order valence-corrected chi connectivity index (χ2v) is 6.14. The molecule has 0 saturated heterocycles. The number of methoxy groups -OCH3 is 1. The van der Waals surface area contributed by atoms with E-state index >= 15 is 0 Å². The Morgan fingerprint density at radius 2 is 1.76 bits per heavy atom. The molecule has 2 N–H and O–H groups in total. The topological polar surface area (TPSA) is 104 Å². The van der Waals surface area contributed by atoms with Crippen molar-refractivity contribution in [2.24, 2.45) is 0 Å². The summed E-state index contributed by atoms with van der Waals surface area (Å²) in [6.07, 6.45) is 2.78. The van der Waals surface area contributed by atoms with Crippen LogP contribution in [0.3, 0.4) is 0 Å². The summed E-state index contributed by atoms with van der Waals surface area (Å²) in [5, 5.41) is 14.4. The number of hydrogen-bond acceptors (Lipinski definition) is 5. The van der Waals surface area contributed by atoms with Crippen LogP contribution in [0.5, 0.6) is 5.75 Å². The maximum atomic E-state index is 12.5. The lowest BCUT2D eigenvalue weighted by Gasteiger charge is -2.08. The predicted molar refractivity (Wildman–Crippen MR) is 108 cm³/mol. The number of nitrogens with one attached hydrogen (secondary N) is 2. The van der Waals surface area contributed by atoms with Crippen LogP contribution in [0, 0.1) is 11.3 Å². The molecule has 0 aliphatic rings. The molecular weight excluding hydrogens is 368 g/mol. The molecule has 0 aliphatic carbocycles. The number of carbonyl (C=O) groups is 2. The molecule has 0 atom stereocenters. The number of rotatable bonds is 6. The summed E-state index contributed by atoms with van der Waals surface area (Å²) < 4.78 is 5.11. The SMILES string of the molecule is COc1ccc(CNC(=O)c2cncc(C(=O)Nc3cccc(C#N)c3)c2)cc1. The first-order valence-electron chi connectivity index (χ1n) is 8.77. The highest BCUT2D eigenvalue weighted by atomic mass is 16.5. The number of aromatic nitrogens is 1. The molecule has 0 saturated carbocycles. The monoisotopic (exact) mass is 386 g/mol. The Hall–Kier alpha value is -4.18. The van der Waals surface area contributed by atoms with Gasteiger partial charge >= 0.3 is 0 Å². The van der Waals surface area contributed by atoms with E-state index in [1.165, 1.54) is 18.5 Å². The van der Waals surface area contributed by atoms with Gasteiger partial charge in [0.1, 0.15) is 5.75 Å². The highest BCUT2D eigenvalue weighted by Gasteiger charge is 2.12. The molecule has 29 heavy (non-hydrogen) atoms. The molecule has 1 heterocycles. The number of nitriles is 1. The van der Waals surface area contributed by atoms with Crippen LogP contribution < -0.4 is 15.4 Å². The lowest BCUT2D eigenvalue weighted by Crippen LogP contribution is -2.23. The minimum atomic E-state index is -0.419. The summed E-state index contributed by atoms with van der Waals surface area (Å²) in [6.45, 7) is 0.334. The minimum absolute atomic E-state index is 0.240. The number of anilines is 1. The quantitative estimate of drug-likeness (QED) is 0.677. The molecule has 7 heteroatoms. The van der Waals surface area contributed by atoms with Crippen molar-refractivity contribution in [3.8, 4) is 11.8 Å². The van der Waals surface area contributed by atoms with Crippen LogP contribution >= 0.6 is 0 Å². The zero-order valence-corrected chi connectivity index (χ0v) is 15.7. The van der Waals surface area contributed by atoms with Crippen molar-refractivity contribution in [3.05, 3.63) is 89.2 Å². The van der Waals surface area contributed by atoms with Crippen molar-refractivity contribution in [1.29, 1.82) is 5.26 Å². The number of pyridine rings is 1. The normalized spacial score (nSPS) is 9.93. The Morgan fingerprint density at radius 3 is 2.45 bits per heavy atom. The number of carbonyl (C=O) groups excluding carboxylic acids is 2. The summed E-state index contributed by atoms with van der Waals surface area (Å²) in [5.74, 6) is -0.0184. The van der Waals surface area contributed by atoms with Gasteiger partial charge in [0, 0.05) is 24.6 Å². The van der Waals surface area contributed by atoms with Gasteiger partial charge in [-0.2, -0.15) is 5.26 Å². The lowest BCUT2D eigenvalue weighted by molar-refractivity contribution is 0.0950. The summed E-state index contributed by atoms with van der Waals surface area (Å²) in [6, 6.07) is 17.4. The van der Waals surface area contributed by atoms with Gasteiger partial charge in [-0.05, 0) is 42.0 Å². The number of hydrogen-bond donors (Lipinski definition) is 2. The second-order valence-electron chi connectivity index (χ2n) is 6.14. The van der Waals surface area contributed by atoms with Crippen molar-refractivity contribution in [2.75, 3.05) is 12.4 Å². The van der Waals surface area contributed by atoms with Crippen LogP contribution in [0.15, 0.2) is 67.0 Å². The van der Waals surface area contributed by atoms with Crippen molar-refractivity contribution in [3.63, 3.8) is 0 Å². The third-order valence-electron chi connectivity index (χ3n) is 4.12. The predicted octanol–water partition coefficient (Wildman–Crippen LogP) is 3.14. The maximum absolute atomic E-state index is 12.5. The van der Waals surface area contributed by atoms with Gasteiger partial charge in [-0.3, -0.25) is 14.6 Å². The molecule has 144 valence electrons. The molecule has 0 aliphatic heterocycles. The molecule has 0 fully saturated rings. The van der Waals surface area contributed by atoms with Crippen LogP contribution in [0.4, 0.5) is 5.69 Å². The molecule has 1 aromatic heterocycles. The average Bonchev–Trinajstić information content (AvgIpc) is 2.78. The molecular formula is C22H18N4O3. The standard InChI is InChI=1S/C22H18N4O3/c1-29-20-7-5-15(6-8-20)12-25-21(27)17-10-18(14-24-13-17)22(28)26-19-4-2-3-16(9-19)11-23/h2-10,13-14H,12H2,1H3,(H,25,27)(H,26,28). The van der Waals surface area contributed by atoms with E-state index in [0.717, 1.165) is 11.3 Å². The molecule has 2 aromatic carbocycles. The van der Waals surface area contributed by atoms with Gasteiger partial charge in [0.25, 0.3) is 11.8 Å². The molecule has 0 spiro atoms. The molecule has 3 aromatic rings. The van der Waals surface area contributed by atoms with Crippen LogP contribution in [0.1, 0.15) is 31.8 Å². The molecule has 7 nitrogen and oxygen atoms in total. The Kier molecular flexibility index (Phi) is 6.18. The zero-order valence-electron chi connectivity index (χ0n) is 15.7. The van der Waals surface area contributed by atoms with E-state index in [4.69, 9.17) is 10.00 Å². The molecule has 0 unspecified atom stereocenters. The summed E-state index contributed by atoms with van der Waals surface area (Å²) in [5.41, 5.74) is 2.36. The number of ether oxygens (including phenoxy) is 1. The van der Waals surface area contributed by atoms with Crippen molar-refractivity contribution in [1.82, 2.24) is 10.3 Å². The zero-order chi connectivity index (χ0) is 20.6. The average molecular weight is 386 g/mol. The van der Waals surface area contributed by atoms with Gasteiger partial charge in [-0.25, -0.2) is 0 Å². The van der Waals surface area contributed by atoms with Crippen molar-refractivity contribution >= 4 is 17.5 Å². The highest BCUT2D eigenvalue weighted by Crippen LogP contribution is 2.13. The Bertz CT molecular complexity index is 1070. The van der Waals surface area contributed by atoms with E-state index < -0.39 is 5.91 Å². The van der Waals surface area contributed by atoms with Gasteiger partial charge < -0.3 is 15.4 Å². The van der Waals surface area contributed by atoms with Crippen molar-refractivity contribution in [2.45, 2.75) is 6.54 Å². The van der Waals surface area contributed by atoms with Crippen LogP contribution in [0.2, 0.25) is 0 Å². The van der Waals surface area contributed by atoms with Crippen LogP contribution in [0.25, 0.3) is 0 Å². The van der Waals surface area contributed by atoms with E-state index in [1.807, 2.05) is 30.3 Å². The summed E-state index contributed by atoms with van der Waals surface area (Å²) in [4.78, 5) is 28.9. The van der Waals surface area contributed by atoms with Gasteiger partial charge in [0.15, 0.2) is 0 Å². The lowest BCUT2D eigenvalue weighted by atomic mass is 10.1. The molecule has 0 radical (unpaired) electrons. The Labute approximate surface area is 168 Å². The van der Waals surface area contributed by atoms with Gasteiger partial charge in [-0.15, -0.1) is 0 Å². The summed E-state index contributed by atoms with van der Waals surface area (Å²) >= 11 is 0. The number of amides is 2. The van der Waals surface area contributed by atoms with Crippen LogP contribution in [-0.2, 0) is 6.54 Å². The van der Waals surface area contributed by atoms with E-state index in [2.05, 4.69) is 15.6 Å². The molecule has 3 rings (SSSR count). The van der Waals surface area contributed by atoms with E-state index in [1.54, 1.807) is 31.4 Å². The summed E-state index contributed by atoms with van der Waals surface area (Å²) in [7, 11) is 1.59. The van der Waals surface area contributed by atoms with Gasteiger partial charge in [-0.1, -0.05) is 18.2 Å². The minimum Gasteiger partial charge on any atom is -0.497 e.